The van der Waals surface area contributed by atoms with E-state index in [9.17, 15) is 9.59 Å². The monoisotopic (exact) mass is 543 g/mol. The maximum absolute atomic E-state index is 13.0. The van der Waals surface area contributed by atoms with Crippen LogP contribution in [-0.2, 0) is 0 Å². The third-order valence-corrected chi connectivity index (χ3v) is 7.67. The van der Waals surface area contributed by atoms with Crippen molar-refractivity contribution in [3.63, 3.8) is 0 Å². The van der Waals surface area contributed by atoms with E-state index in [1.165, 1.54) is 11.8 Å². The van der Waals surface area contributed by atoms with Crippen molar-refractivity contribution < 1.29 is 23.8 Å². The number of ether oxygens (including phenoxy) is 3. The van der Waals surface area contributed by atoms with Gasteiger partial charge in [0.25, 0.3) is 11.8 Å². The summed E-state index contributed by atoms with van der Waals surface area (Å²) in [6.45, 7) is 3.31. The highest BCUT2D eigenvalue weighted by Crippen LogP contribution is 2.26. The molecule has 8 nitrogen and oxygen atoms in total. The normalized spacial score (nSPS) is 19.5. The van der Waals surface area contributed by atoms with Crippen LogP contribution in [0.5, 0.6) is 17.2 Å². The van der Waals surface area contributed by atoms with E-state index < -0.39 is 0 Å². The average Bonchev–Trinajstić information content (AvgIpc) is 3.00. The number of piperidine rings is 1. The van der Waals surface area contributed by atoms with Crippen LogP contribution >= 0.6 is 0 Å². The summed E-state index contributed by atoms with van der Waals surface area (Å²) in [7, 11) is 1.64. The van der Waals surface area contributed by atoms with Gasteiger partial charge in [-0.2, -0.15) is 0 Å². The molecule has 3 aromatic rings. The summed E-state index contributed by atoms with van der Waals surface area (Å²) < 4.78 is 17.4. The molecule has 2 aliphatic rings. The highest BCUT2D eigenvalue weighted by atomic mass is 16.5. The van der Waals surface area contributed by atoms with Crippen molar-refractivity contribution in [2.24, 2.45) is 0 Å². The van der Waals surface area contributed by atoms with Gasteiger partial charge in [-0.15, -0.1) is 0 Å². The topological polar surface area (TPSA) is 90.0 Å². The molecule has 40 heavy (non-hydrogen) atoms. The van der Waals surface area contributed by atoms with Crippen LogP contribution in [0.3, 0.4) is 0 Å². The zero-order chi connectivity index (χ0) is 27.9. The second kappa shape index (κ2) is 12.9. The number of carbonyl (C=O) groups is 2. The minimum absolute atomic E-state index is 0.0663. The number of aromatic nitrogens is 1. The maximum atomic E-state index is 13.0. The highest BCUT2D eigenvalue weighted by molar-refractivity contribution is 5.96. The van der Waals surface area contributed by atoms with Crippen LogP contribution in [0, 0.1) is 6.92 Å². The van der Waals surface area contributed by atoms with Crippen LogP contribution in [-0.4, -0.2) is 60.1 Å². The van der Waals surface area contributed by atoms with Gasteiger partial charge in [0.05, 0.1) is 18.8 Å². The van der Waals surface area contributed by atoms with Crippen molar-refractivity contribution in [2.45, 2.75) is 63.7 Å². The van der Waals surface area contributed by atoms with E-state index in [4.69, 9.17) is 14.2 Å². The number of hydrogen-bond donors (Lipinski definition) is 1. The zero-order valence-corrected chi connectivity index (χ0v) is 23.2. The van der Waals surface area contributed by atoms with Crippen molar-refractivity contribution in [3.8, 4) is 17.2 Å². The number of benzene rings is 2. The van der Waals surface area contributed by atoms with Crippen LogP contribution in [0.1, 0.15) is 64.9 Å². The molecule has 1 N–H and O–H groups in total. The number of methoxy groups -OCH3 is 1. The molecule has 1 saturated heterocycles. The Bertz CT molecular complexity index is 1260. The first kappa shape index (κ1) is 27.5. The van der Waals surface area contributed by atoms with Crippen molar-refractivity contribution in [1.82, 2.24) is 15.2 Å². The fourth-order valence-corrected chi connectivity index (χ4v) is 5.25. The molecule has 0 spiro atoms. The first-order chi connectivity index (χ1) is 19.5. The van der Waals surface area contributed by atoms with E-state index in [-0.39, 0.29) is 30.1 Å². The third kappa shape index (κ3) is 7.11. The van der Waals surface area contributed by atoms with Gasteiger partial charge in [0.2, 0.25) is 0 Å². The average molecular weight is 544 g/mol. The van der Waals surface area contributed by atoms with Crippen LogP contribution < -0.4 is 19.5 Å². The summed E-state index contributed by atoms with van der Waals surface area (Å²) in [6.07, 6.45) is 6.70. The van der Waals surface area contributed by atoms with Gasteiger partial charge in [0.1, 0.15) is 29.0 Å². The smallest absolute Gasteiger partial charge is 0.270 e. The van der Waals surface area contributed by atoms with Crippen molar-refractivity contribution in [1.29, 1.82) is 0 Å². The van der Waals surface area contributed by atoms with Crippen molar-refractivity contribution in [3.05, 3.63) is 83.7 Å². The lowest BCUT2D eigenvalue weighted by Gasteiger charge is -2.32. The Balaban J connectivity index is 1.05. The number of aryl methyl sites for hydroxylation is 1. The van der Waals surface area contributed by atoms with Gasteiger partial charge in [0.15, 0.2) is 0 Å². The van der Waals surface area contributed by atoms with Crippen LogP contribution in [0.15, 0.2) is 66.9 Å². The first-order valence-corrected chi connectivity index (χ1v) is 14.1. The summed E-state index contributed by atoms with van der Waals surface area (Å²) in [5, 5.41) is 3.09. The fraction of sp³-hybridized carbons (Fsp3) is 0.406. The Kier molecular flexibility index (Phi) is 8.84. The first-order valence-electron chi connectivity index (χ1n) is 14.1. The molecule has 2 fully saturated rings. The summed E-state index contributed by atoms with van der Waals surface area (Å²) in [5.74, 6) is 2.21. The number of nitrogens with zero attached hydrogens (tertiary/aromatic N) is 2. The fourth-order valence-electron chi connectivity index (χ4n) is 5.25. The Hall–Kier alpha value is -4.07. The quantitative estimate of drug-likeness (QED) is 0.420. The molecule has 2 aromatic carbocycles. The molecular formula is C32H37N3O5. The van der Waals surface area contributed by atoms with Crippen LogP contribution in [0.4, 0.5) is 0 Å². The lowest BCUT2D eigenvalue weighted by atomic mass is 9.92. The molecule has 2 heterocycles. The summed E-state index contributed by atoms with van der Waals surface area (Å²) >= 11 is 0. The second-order valence-corrected chi connectivity index (χ2v) is 10.6. The molecule has 8 heteroatoms. The standard InChI is InChI=1S/C32H37N3O5/c1-22-3-8-26(9-4-22)40-29-17-19-35(20-18-29)32(37)23-5-16-30(33-21-23)31(36)34-24-6-10-27(11-7-24)39-28-14-12-25(38-2)13-15-28/h3-5,8-9,12-16,21,24,27,29H,6-7,10-11,17-20H2,1-2H3,(H,34,36). The Labute approximate surface area is 235 Å². The van der Waals surface area contributed by atoms with Crippen LogP contribution in [0.2, 0.25) is 0 Å². The number of hydrogen-bond acceptors (Lipinski definition) is 6. The van der Waals surface area contributed by atoms with Gasteiger partial charge in [-0.1, -0.05) is 17.7 Å². The van der Waals surface area contributed by atoms with Gasteiger partial charge in [0, 0.05) is 38.2 Å². The van der Waals surface area contributed by atoms with Crippen molar-refractivity contribution >= 4 is 11.8 Å². The van der Waals surface area contributed by atoms with E-state index in [0.717, 1.165) is 55.8 Å². The lowest BCUT2D eigenvalue weighted by molar-refractivity contribution is 0.0594. The van der Waals surface area contributed by atoms with Gasteiger partial charge < -0.3 is 24.4 Å². The Morgan fingerprint density at radius 1 is 0.775 bits per heavy atom. The largest absolute Gasteiger partial charge is 0.497 e. The second-order valence-electron chi connectivity index (χ2n) is 10.6. The summed E-state index contributed by atoms with van der Waals surface area (Å²) in [4.78, 5) is 32.0. The minimum Gasteiger partial charge on any atom is -0.497 e. The van der Waals surface area contributed by atoms with Gasteiger partial charge in [-0.05, 0) is 81.1 Å². The summed E-state index contributed by atoms with van der Waals surface area (Å²) in [6, 6.07) is 19.0. The molecule has 0 unspecified atom stereocenters. The SMILES string of the molecule is COc1ccc(OC2CCC(NC(=O)c3ccc(C(=O)N4CCC(Oc5ccc(C)cc5)CC4)cn3)CC2)cc1. The van der Waals surface area contributed by atoms with Gasteiger partial charge in [-0.3, -0.25) is 14.6 Å². The molecule has 0 radical (unpaired) electrons. The Morgan fingerprint density at radius 3 is 1.93 bits per heavy atom. The number of amides is 2. The number of pyridine rings is 1. The van der Waals surface area contributed by atoms with E-state index in [1.807, 2.05) is 53.4 Å². The van der Waals surface area contributed by atoms with E-state index >= 15 is 0 Å². The molecule has 1 saturated carbocycles. The third-order valence-electron chi connectivity index (χ3n) is 7.67. The van der Waals surface area contributed by atoms with E-state index in [2.05, 4.69) is 17.2 Å². The molecule has 210 valence electrons. The Morgan fingerprint density at radius 2 is 1.35 bits per heavy atom. The number of carbonyl (C=O) groups excluding carboxylic acids is 2. The van der Waals surface area contributed by atoms with Gasteiger partial charge in [-0.25, -0.2) is 0 Å². The minimum atomic E-state index is -0.215. The number of rotatable bonds is 8. The zero-order valence-electron chi connectivity index (χ0n) is 23.2. The number of likely N-dealkylation sites (tertiary alicyclic amines) is 1. The van der Waals surface area contributed by atoms with Gasteiger partial charge >= 0.3 is 0 Å². The predicted molar refractivity (Wildman–Crippen MR) is 152 cm³/mol. The van der Waals surface area contributed by atoms with Crippen molar-refractivity contribution in [2.75, 3.05) is 20.2 Å². The molecule has 1 aliphatic heterocycles. The van der Waals surface area contributed by atoms with Crippen LogP contribution in [0.25, 0.3) is 0 Å². The molecular weight excluding hydrogens is 506 g/mol. The van der Waals surface area contributed by atoms with E-state index in [0.29, 0.717) is 24.3 Å². The maximum Gasteiger partial charge on any atom is 0.270 e. The molecule has 1 aliphatic carbocycles. The summed E-state index contributed by atoms with van der Waals surface area (Å²) in [5.41, 5.74) is 2.01. The highest BCUT2D eigenvalue weighted by Gasteiger charge is 2.26. The molecule has 5 rings (SSSR count). The number of nitrogens with one attached hydrogen (secondary N) is 1. The van der Waals surface area contributed by atoms with E-state index in [1.54, 1.807) is 19.2 Å². The molecule has 2 amide bonds. The lowest BCUT2D eigenvalue weighted by Crippen LogP contribution is -2.42. The molecule has 1 aromatic heterocycles. The predicted octanol–water partition coefficient (Wildman–Crippen LogP) is 5.20. The molecule has 0 atom stereocenters. The molecule has 0 bridgehead atoms.